The molecule has 0 saturated carbocycles. The molecule has 2 amide bonds. The average molecular weight is 500 g/mol. The molecule has 1 saturated heterocycles. The Morgan fingerprint density at radius 3 is 2.17 bits per heavy atom. The lowest BCUT2D eigenvalue weighted by Crippen LogP contribution is -2.42. The lowest BCUT2D eigenvalue weighted by atomic mass is 9.80. The molecule has 2 heterocycles. The monoisotopic (exact) mass is 499 g/mol. The van der Waals surface area contributed by atoms with Crippen LogP contribution in [0.4, 0.5) is 5.69 Å². The van der Waals surface area contributed by atoms with Gasteiger partial charge in [-0.1, -0.05) is 69.3 Å². The molecule has 36 heavy (non-hydrogen) atoms. The molecule has 0 radical (unpaired) electrons. The van der Waals surface area contributed by atoms with Crippen molar-refractivity contribution in [1.82, 2.24) is 9.55 Å². The fourth-order valence-electron chi connectivity index (χ4n) is 4.79. The topological polar surface area (TPSA) is 64.4 Å². The van der Waals surface area contributed by atoms with Gasteiger partial charge < -0.3 is 8.99 Å². The molecule has 3 aromatic rings. The number of anilines is 1. The van der Waals surface area contributed by atoms with Gasteiger partial charge in [-0.15, -0.1) is 0 Å². The third-order valence-corrected chi connectivity index (χ3v) is 12.3. The Kier molecular flexibility index (Phi) is 6.09. The minimum atomic E-state index is -2.07. The van der Waals surface area contributed by atoms with Crippen LogP contribution in [0.25, 0.3) is 6.08 Å². The number of hydrogen-bond acceptors (Lipinski definition) is 4. The Labute approximate surface area is 213 Å². The molecule has 186 valence electrons. The maximum atomic E-state index is 13.9. The Hall–Kier alpha value is -3.29. The molecule has 0 unspecified atom stereocenters. The van der Waals surface area contributed by atoms with Gasteiger partial charge in [-0.2, -0.15) is 0 Å². The van der Waals surface area contributed by atoms with E-state index in [2.05, 4.69) is 51.0 Å². The first-order valence-electron chi connectivity index (χ1n) is 12.4. The first-order chi connectivity index (χ1) is 17.1. The van der Waals surface area contributed by atoms with Crippen LogP contribution in [0, 0.1) is 5.92 Å². The summed E-state index contributed by atoms with van der Waals surface area (Å²) in [7, 11) is -2.07. The summed E-state index contributed by atoms with van der Waals surface area (Å²) >= 11 is 0. The van der Waals surface area contributed by atoms with Gasteiger partial charge in [-0.3, -0.25) is 9.59 Å². The maximum absolute atomic E-state index is 13.9. The minimum absolute atomic E-state index is 0.0373. The van der Waals surface area contributed by atoms with Crippen LogP contribution in [0.15, 0.2) is 72.6 Å². The Balaban J connectivity index is 1.57. The van der Waals surface area contributed by atoms with Gasteiger partial charge in [-0.25, -0.2) is 9.88 Å². The fraction of sp³-hybridized carbons (Fsp3) is 0.345. The van der Waals surface area contributed by atoms with Crippen LogP contribution in [0.3, 0.4) is 0 Å². The first-order valence-corrected chi connectivity index (χ1v) is 15.4. The molecule has 2 atom stereocenters. The molecule has 1 fully saturated rings. The molecule has 7 heteroatoms. The summed E-state index contributed by atoms with van der Waals surface area (Å²) in [5.74, 6) is -1.62. The van der Waals surface area contributed by atoms with Crippen LogP contribution in [0.5, 0.6) is 0 Å². The number of amides is 2. The number of imide groups is 1. The van der Waals surface area contributed by atoms with Crippen LogP contribution >= 0.6 is 0 Å². The van der Waals surface area contributed by atoms with Gasteiger partial charge in [0.15, 0.2) is 8.32 Å². The van der Waals surface area contributed by atoms with Crippen LogP contribution in [0.1, 0.15) is 43.6 Å². The van der Waals surface area contributed by atoms with Crippen molar-refractivity contribution in [1.29, 1.82) is 0 Å². The maximum Gasteiger partial charge on any atom is 0.244 e. The second kappa shape index (κ2) is 8.98. The molecule has 6 nitrogen and oxygen atoms in total. The quantitative estimate of drug-likeness (QED) is 0.326. The van der Waals surface area contributed by atoms with E-state index in [1.54, 1.807) is 6.33 Å². The molecule has 2 aliphatic rings. The standard InChI is InChI=1S/C29H33N3O3Si/c1-29(2,3)36(4,5)35-18-21-16-23-26(31(19-30-23)17-20-12-8-6-9-13-20)25-24(21)27(33)32(28(25)34)22-14-10-7-11-15-22/h6-16,19,24-25H,17-18H2,1-5H3/t24-,25-/m0/s1. The number of carbonyl (C=O) groups excluding carboxylic acids is 2. The van der Waals surface area contributed by atoms with Crippen molar-refractivity contribution < 1.29 is 14.0 Å². The summed E-state index contributed by atoms with van der Waals surface area (Å²) in [6, 6.07) is 19.3. The highest BCUT2D eigenvalue weighted by atomic mass is 28.4. The van der Waals surface area contributed by atoms with Gasteiger partial charge in [0.05, 0.1) is 41.8 Å². The zero-order chi connectivity index (χ0) is 25.7. The predicted octanol–water partition coefficient (Wildman–Crippen LogP) is 5.62. The van der Waals surface area contributed by atoms with E-state index >= 15 is 0 Å². The number of aromatic nitrogens is 2. The van der Waals surface area contributed by atoms with Crippen molar-refractivity contribution in [2.24, 2.45) is 5.92 Å². The summed E-state index contributed by atoms with van der Waals surface area (Å²) in [5.41, 5.74) is 4.09. The Morgan fingerprint density at radius 2 is 1.53 bits per heavy atom. The Morgan fingerprint density at radius 1 is 0.917 bits per heavy atom. The van der Waals surface area contributed by atoms with E-state index in [4.69, 9.17) is 4.43 Å². The van der Waals surface area contributed by atoms with E-state index in [-0.39, 0.29) is 16.9 Å². The third kappa shape index (κ3) is 4.16. The number of nitrogens with zero attached hydrogens (tertiary/aromatic N) is 3. The molecule has 1 aromatic heterocycles. The van der Waals surface area contributed by atoms with E-state index in [9.17, 15) is 9.59 Å². The number of imidazole rings is 1. The first kappa shape index (κ1) is 24.4. The van der Waals surface area contributed by atoms with Crippen molar-refractivity contribution in [2.45, 2.75) is 51.4 Å². The van der Waals surface area contributed by atoms with Gasteiger partial charge in [-0.05, 0) is 47.5 Å². The molecule has 1 aliphatic carbocycles. The van der Waals surface area contributed by atoms with Crippen LogP contribution < -0.4 is 4.90 Å². The summed E-state index contributed by atoms with van der Waals surface area (Å²) in [4.78, 5) is 33.8. The largest absolute Gasteiger partial charge is 0.413 e. The molecule has 1 aliphatic heterocycles. The van der Waals surface area contributed by atoms with Gasteiger partial charge in [0.1, 0.15) is 0 Å². The molecular weight excluding hydrogens is 466 g/mol. The molecule has 5 rings (SSSR count). The number of benzene rings is 2. The van der Waals surface area contributed by atoms with E-state index in [1.807, 2.05) is 59.2 Å². The summed E-state index contributed by atoms with van der Waals surface area (Å²) in [6.45, 7) is 11.9. The average Bonchev–Trinajstić information content (AvgIpc) is 3.35. The summed E-state index contributed by atoms with van der Waals surface area (Å²) in [6.07, 6.45) is 3.76. The van der Waals surface area contributed by atoms with Crippen molar-refractivity contribution in [3.05, 3.63) is 89.5 Å². The zero-order valence-electron chi connectivity index (χ0n) is 21.6. The highest BCUT2D eigenvalue weighted by molar-refractivity contribution is 6.74. The van der Waals surface area contributed by atoms with Crippen molar-refractivity contribution in [3.8, 4) is 0 Å². The van der Waals surface area contributed by atoms with Crippen LogP contribution in [0.2, 0.25) is 18.1 Å². The summed E-state index contributed by atoms with van der Waals surface area (Å²) in [5, 5.41) is 0.0373. The van der Waals surface area contributed by atoms with Crippen molar-refractivity contribution in [2.75, 3.05) is 11.5 Å². The summed E-state index contributed by atoms with van der Waals surface area (Å²) < 4.78 is 8.56. The van der Waals surface area contributed by atoms with Gasteiger partial charge in [0, 0.05) is 6.54 Å². The van der Waals surface area contributed by atoms with E-state index < -0.39 is 20.2 Å². The van der Waals surface area contributed by atoms with Crippen molar-refractivity contribution in [3.63, 3.8) is 0 Å². The predicted molar refractivity (Wildman–Crippen MR) is 144 cm³/mol. The van der Waals surface area contributed by atoms with E-state index in [0.717, 1.165) is 22.5 Å². The molecule has 0 N–H and O–H groups in total. The molecular formula is C29H33N3O3Si. The van der Waals surface area contributed by atoms with Gasteiger partial charge in [0.25, 0.3) is 0 Å². The lowest BCUT2D eigenvalue weighted by Gasteiger charge is -2.37. The number of rotatable bonds is 6. The number of hydrogen-bond donors (Lipinski definition) is 0. The highest BCUT2D eigenvalue weighted by Crippen LogP contribution is 2.47. The second-order valence-corrected chi connectivity index (χ2v) is 16.0. The lowest BCUT2D eigenvalue weighted by molar-refractivity contribution is -0.122. The smallest absolute Gasteiger partial charge is 0.244 e. The van der Waals surface area contributed by atoms with E-state index in [1.165, 1.54) is 4.90 Å². The van der Waals surface area contributed by atoms with Crippen molar-refractivity contribution >= 4 is 31.9 Å². The van der Waals surface area contributed by atoms with Crippen LogP contribution in [-0.2, 0) is 20.6 Å². The SMILES string of the molecule is CC(C)(C)[Si](C)(C)OCC1=Cc2ncn(Cc3ccccc3)c2[C@H]2C(=O)N(c3ccccc3)C(=O)[C@@H]12. The second-order valence-electron chi connectivity index (χ2n) is 11.2. The molecule has 0 spiro atoms. The molecule has 2 aromatic carbocycles. The van der Waals surface area contributed by atoms with E-state index in [0.29, 0.717) is 18.8 Å². The highest BCUT2D eigenvalue weighted by Gasteiger charge is 2.54. The zero-order valence-corrected chi connectivity index (χ0v) is 22.6. The number of carbonyl (C=O) groups is 2. The number of para-hydroxylation sites is 1. The van der Waals surface area contributed by atoms with Gasteiger partial charge in [0.2, 0.25) is 11.8 Å². The normalized spacial score (nSPS) is 19.8. The fourth-order valence-corrected chi connectivity index (χ4v) is 5.75. The number of fused-ring (bicyclic) bond motifs is 3. The minimum Gasteiger partial charge on any atom is -0.413 e. The Bertz CT molecular complexity index is 1320. The third-order valence-electron chi connectivity index (χ3n) is 7.85. The van der Waals surface area contributed by atoms with Gasteiger partial charge >= 0.3 is 0 Å². The molecule has 0 bridgehead atoms. The van der Waals surface area contributed by atoms with Crippen LogP contribution in [-0.4, -0.2) is 36.3 Å².